The predicted molar refractivity (Wildman–Crippen MR) is 56.4 cm³/mol. The van der Waals surface area contributed by atoms with E-state index in [1.165, 1.54) is 6.07 Å². The lowest BCUT2D eigenvalue weighted by Crippen LogP contribution is -2.06. The molecule has 0 heterocycles. The molecular weight excluding hydrogens is 214 g/mol. The first-order valence-electron chi connectivity index (χ1n) is 5.21. The van der Waals surface area contributed by atoms with Gasteiger partial charge in [-0.1, -0.05) is 6.92 Å². The molecule has 1 aromatic carbocycles. The first-order chi connectivity index (χ1) is 7.65. The Labute approximate surface area is 93.2 Å². The Bertz CT molecular complexity index is 364. The molecule has 2 nitrogen and oxygen atoms in total. The highest BCUT2D eigenvalue weighted by molar-refractivity contribution is 5.96. The van der Waals surface area contributed by atoms with Crippen LogP contribution in [0.15, 0.2) is 18.2 Å². The molecule has 0 radical (unpaired) electrons. The van der Waals surface area contributed by atoms with Gasteiger partial charge in [0.15, 0.2) is 17.4 Å². The molecule has 0 aliphatic carbocycles. The average Bonchev–Trinajstić information content (AvgIpc) is 2.28. The van der Waals surface area contributed by atoms with Crippen LogP contribution in [-0.2, 0) is 4.74 Å². The SMILES string of the molecule is CCCOCCC(=O)c1ccc(F)c(F)c1. The zero-order valence-electron chi connectivity index (χ0n) is 9.13. The van der Waals surface area contributed by atoms with E-state index in [0.29, 0.717) is 13.2 Å². The molecule has 16 heavy (non-hydrogen) atoms. The van der Waals surface area contributed by atoms with E-state index in [-0.39, 0.29) is 17.8 Å². The number of halogens is 2. The maximum atomic E-state index is 12.8. The second-order valence-electron chi connectivity index (χ2n) is 3.41. The Kier molecular flexibility index (Phi) is 5.05. The summed E-state index contributed by atoms with van der Waals surface area (Å²) in [7, 11) is 0. The Balaban J connectivity index is 2.50. The summed E-state index contributed by atoms with van der Waals surface area (Å²) < 4.78 is 30.6. The topological polar surface area (TPSA) is 26.3 Å². The average molecular weight is 228 g/mol. The fourth-order valence-electron chi connectivity index (χ4n) is 1.23. The summed E-state index contributed by atoms with van der Waals surface area (Å²) >= 11 is 0. The molecular formula is C12H14F2O2. The fraction of sp³-hybridized carbons (Fsp3) is 0.417. The van der Waals surface area contributed by atoms with Crippen molar-refractivity contribution < 1.29 is 18.3 Å². The van der Waals surface area contributed by atoms with Crippen molar-refractivity contribution in [1.29, 1.82) is 0 Å². The smallest absolute Gasteiger partial charge is 0.165 e. The lowest BCUT2D eigenvalue weighted by atomic mass is 10.1. The summed E-state index contributed by atoms with van der Waals surface area (Å²) in [4.78, 5) is 11.5. The van der Waals surface area contributed by atoms with Crippen molar-refractivity contribution in [3.8, 4) is 0 Å². The molecule has 0 aromatic heterocycles. The van der Waals surface area contributed by atoms with Crippen LogP contribution in [0.2, 0.25) is 0 Å². The van der Waals surface area contributed by atoms with E-state index in [0.717, 1.165) is 18.6 Å². The largest absolute Gasteiger partial charge is 0.381 e. The third-order valence-electron chi connectivity index (χ3n) is 2.06. The van der Waals surface area contributed by atoms with Crippen molar-refractivity contribution in [2.24, 2.45) is 0 Å². The number of Topliss-reactive ketones (excluding diaryl/α,β-unsaturated/α-hetero) is 1. The van der Waals surface area contributed by atoms with Crippen LogP contribution in [0.5, 0.6) is 0 Å². The summed E-state index contributed by atoms with van der Waals surface area (Å²) in [5.41, 5.74) is 0.180. The summed E-state index contributed by atoms with van der Waals surface area (Å²) in [6, 6.07) is 3.15. The van der Waals surface area contributed by atoms with Gasteiger partial charge in [0.05, 0.1) is 6.61 Å². The summed E-state index contributed by atoms with van der Waals surface area (Å²) in [6.45, 7) is 2.88. The normalized spacial score (nSPS) is 10.4. The molecule has 0 aliphatic rings. The Hall–Kier alpha value is -1.29. The van der Waals surface area contributed by atoms with E-state index in [4.69, 9.17) is 4.74 Å². The van der Waals surface area contributed by atoms with Crippen molar-refractivity contribution in [2.75, 3.05) is 13.2 Å². The van der Waals surface area contributed by atoms with Gasteiger partial charge in [-0.15, -0.1) is 0 Å². The van der Waals surface area contributed by atoms with Gasteiger partial charge in [0.2, 0.25) is 0 Å². The molecule has 88 valence electrons. The van der Waals surface area contributed by atoms with Gasteiger partial charge in [-0.05, 0) is 24.6 Å². The number of ether oxygens (including phenoxy) is 1. The zero-order chi connectivity index (χ0) is 12.0. The molecule has 1 aromatic rings. The quantitative estimate of drug-likeness (QED) is 0.552. The van der Waals surface area contributed by atoms with Crippen LogP contribution >= 0.6 is 0 Å². The molecule has 0 amide bonds. The van der Waals surface area contributed by atoms with Gasteiger partial charge in [0.1, 0.15) is 0 Å². The van der Waals surface area contributed by atoms with Crippen molar-refractivity contribution in [2.45, 2.75) is 19.8 Å². The van der Waals surface area contributed by atoms with Crippen molar-refractivity contribution in [3.05, 3.63) is 35.4 Å². The minimum Gasteiger partial charge on any atom is -0.381 e. The van der Waals surface area contributed by atoms with Crippen LogP contribution in [0.25, 0.3) is 0 Å². The molecule has 0 atom stereocenters. The van der Waals surface area contributed by atoms with Gasteiger partial charge in [-0.3, -0.25) is 4.79 Å². The van der Waals surface area contributed by atoms with Crippen molar-refractivity contribution in [3.63, 3.8) is 0 Å². The molecule has 0 bridgehead atoms. The van der Waals surface area contributed by atoms with E-state index < -0.39 is 11.6 Å². The fourth-order valence-corrected chi connectivity index (χ4v) is 1.23. The van der Waals surface area contributed by atoms with Gasteiger partial charge < -0.3 is 4.74 Å². The molecule has 0 saturated heterocycles. The maximum Gasteiger partial charge on any atom is 0.165 e. The predicted octanol–water partition coefficient (Wildman–Crippen LogP) is 2.96. The zero-order valence-corrected chi connectivity index (χ0v) is 9.13. The van der Waals surface area contributed by atoms with Crippen LogP contribution < -0.4 is 0 Å². The van der Waals surface area contributed by atoms with Crippen LogP contribution in [0, 0.1) is 11.6 Å². The highest BCUT2D eigenvalue weighted by atomic mass is 19.2. The highest BCUT2D eigenvalue weighted by Crippen LogP contribution is 2.10. The lowest BCUT2D eigenvalue weighted by molar-refractivity contribution is 0.0878. The molecule has 0 N–H and O–H groups in total. The summed E-state index contributed by atoms with van der Waals surface area (Å²) in [5, 5.41) is 0. The van der Waals surface area contributed by atoms with E-state index in [1.807, 2.05) is 6.92 Å². The standard InChI is InChI=1S/C12H14F2O2/c1-2-6-16-7-5-12(15)9-3-4-10(13)11(14)8-9/h3-4,8H,2,5-7H2,1H3. The van der Waals surface area contributed by atoms with E-state index >= 15 is 0 Å². The third-order valence-corrected chi connectivity index (χ3v) is 2.06. The second kappa shape index (κ2) is 6.33. The molecule has 4 heteroatoms. The minimum absolute atomic E-state index is 0.180. The van der Waals surface area contributed by atoms with Crippen molar-refractivity contribution >= 4 is 5.78 Å². The second-order valence-corrected chi connectivity index (χ2v) is 3.41. The summed E-state index contributed by atoms with van der Waals surface area (Å²) in [6.07, 6.45) is 1.07. The maximum absolute atomic E-state index is 12.8. The molecule has 0 spiro atoms. The van der Waals surface area contributed by atoms with Gasteiger partial charge in [0.25, 0.3) is 0 Å². The Morgan fingerprint density at radius 3 is 2.62 bits per heavy atom. The molecule has 1 rings (SSSR count). The first-order valence-corrected chi connectivity index (χ1v) is 5.21. The number of hydrogen-bond acceptors (Lipinski definition) is 2. The van der Waals surface area contributed by atoms with E-state index in [1.54, 1.807) is 0 Å². The van der Waals surface area contributed by atoms with Gasteiger partial charge in [-0.2, -0.15) is 0 Å². The Morgan fingerprint density at radius 1 is 1.25 bits per heavy atom. The van der Waals surface area contributed by atoms with Crippen molar-refractivity contribution in [1.82, 2.24) is 0 Å². The van der Waals surface area contributed by atoms with E-state index in [2.05, 4.69) is 0 Å². The van der Waals surface area contributed by atoms with Crippen LogP contribution in [0.4, 0.5) is 8.78 Å². The Morgan fingerprint density at radius 2 is 2.00 bits per heavy atom. The number of ketones is 1. The van der Waals surface area contributed by atoms with Gasteiger partial charge >= 0.3 is 0 Å². The number of hydrogen-bond donors (Lipinski definition) is 0. The van der Waals surface area contributed by atoms with Crippen LogP contribution in [-0.4, -0.2) is 19.0 Å². The number of benzene rings is 1. The first kappa shape index (κ1) is 12.8. The molecule has 0 aliphatic heterocycles. The van der Waals surface area contributed by atoms with Crippen LogP contribution in [0.1, 0.15) is 30.1 Å². The molecule has 0 unspecified atom stereocenters. The minimum atomic E-state index is -1.000. The highest BCUT2D eigenvalue weighted by Gasteiger charge is 2.09. The lowest BCUT2D eigenvalue weighted by Gasteiger charge is -2.03. The molecule has 0 saturated carbocycles. The van der Waals surface area contributed by atoms with Crippen LogP contribution in [0.3, 0.4) is 0 Å². The van der Waals surface area contributed by atoms with Gasteiger partial charge in [0, 0.05) is 18.6 Å². The number of carbonyl (C=O) groups excluding carboxylic acids is 1. The summed E-state index contributed by atoms with van der Waals surface area (Å²) in [5.74, 6) is -2.19. The number of rotatable bonds is 6. The third kappa shape index (κ3) is 3.70. The van der Waals surface area contributed by atoms with E-state index in [9.17, 15) is 13.6 Å². The number of carbonyl (C=O) groups is 1. The monoisotopic (exact) mass is 228 g/mol. The molecule has 0 fully saturated rings. The van der Waals surface area contributed by atoms with Gasteiger partial charge in [-0.25, -0.2) is 8.78 Å².